The van der Waals surface area contributed by atoms with Crippen LogP contribution in [-0.4, -0.2) is 16.5 Å². The molecule has 3 rings (SSSR count). The smallest absolute Gasteiger partial charge is 0.324 e. The fourth-order valence-corrected chi connectivity index (χ4v) is 3.55. The highest BCUT2D eigenvalue weighted by Crippen LogP contribution is 2.23. The van der Waals surface area contributed by atoms with Crippen molar-refractivity contribution in [1.82, 2.24) is 0 Å². The van der Waals surface area contributed by atoms with Crippen molar-refractivity contribution in [2.45, 2.75) is 29.5 Å². The van der Waals surface area contributed by atoms with Crippen LogP contribution in [-0.2, 0) is 17.6 Å². The average molecular weight is 270 g/mol. The summed E-state index contributed by atoms with van der Waals surface area (Å²) < 4.78 is 12.5. The molecule has 4 heteroatoms. The Balaban J connectivity index is 1.94. The highest BCUT2D eigenvalue weighted by molar-refractivity contribution is 7.91. The summed E-state index contributed by atoms with van der Waals surface area (Å²) in [5, 5.41) is 9.90. The van der Waals surface area contributed by atoms with E-state index in [0.717, 1.165) is 33.6 Å². The van der Waals surface area contributed by atoms with Crippen molar-refractivity contribution in [1.29, 1.82) is 0 Å². The van der Waals surface area contributed by atoms with E-state index in [2.05, 4.69) is 0 Å². The summed E-state index contributed by atoms with van der Waals surface area (Å²) in [6.07, 6.45) is 1.68. The lowest BCUT2D eigenvalue weighted by Gasteiger charge is -2.11. The van der Waals surface area contributed by atoms with Crippen LogP contribution in [0.1, 0.15) is 11.1 Å². The van der Waals surface area contributed by atoms with Crippen LogP contribution < -0.4 is 5.46 Å². The van der Waals surface area contributed by atoms with Gasteiger partial charge in [-0.25, -0.2) is 0 Å². The van der Waals surface area contributed by atoms with Gasteiger partial charge < -0.3 is 9.58 Å². The zero-order valence-electron chi connectivity index (χ0n) is 10.8. The second kappa shape index (κ2) is 5.04. The van der Waals surface area contributed by atoms with Gasteiger partial charge in [-0.2, -0.15) is 0 Å². The second-order valence-corrected chi connectivity index (χ2v) is 6.48. The van der Waals surface area contributed by atoms with E-state index in [9.17, 15) is 9.58 Å². The SMILES string of the molecule is Cc1ccc([S+]([O-])c2ccc3c(c2)B(O)CC3)cc1. The highest BCUT2D eigenvalue weighted by atomic mass is 32.2. The van der Waals surface area contributed by atoms with Gasteiger partial charge in [-0.05, 0) is 49.4 Å². The van der Waals surface area contributed by atoms with Gasteiger partial charge in [0.15, 0.2) is 9.79 Å². The topological polar surface area (TPSA) is 43.3 Å². The van der Waals surface area contributed by atoms with Crippen molar-refractivity contribution >= 4 is 23.6 Å². The Morgan fingerprint density at radius 1 is 1.11 bits per heavy atom. The summed E-state index contributed by atoms with van der Waals surface area (Å²) in [5.41, 5.74) is 3.28. The summed E-state index contributed by atoms with van der Waals surface area (Å²) in [6.45, 7) is 1.61. The Morgan fingerprint density at radius 2 is 1.79 bits per heavy atom. The van der Waals surface area contributed by atoms with Gasteiger partial charge in [-0.15, -0.1) is 0 Å². The third-order valence-corrected chi connectivity index (χ3v) is 4.99. The van der Waals surface area contributed by atoms with Gasteiger partial charge in [0.25, 0.3) is 0 Å². The van der Waals surface area contributed by atoms with Crippen LogP contribution in [0.15, 0.2) is 52.3 Å². The molecule has 1 aliphatic rings. The van der Waals surface area contributed by atoms with Crippen molar-refractivity contribution in [2.75, 3.05) is 0 Å². The van der Waals surface area contributed by atoms with E-state index in [1.54, 1.807) is 0 Å². The molecule has 1 N–H and O–H groups in total. The molecule has 2 aromatic carbocycles. The minimum atomic E-state index is -1.17. The van der Waals surface area contributed by atoms with E-state index in [1.807, 2.05) is 49.4 Å². The number of hydrogen-bond donors (Lipinski definition) is 1. The maximum atomic E-state index is 12.5. The van der Waals surface area contributed by atoms with Gasteiger partial charge in [-0.3, -0.25) is 0 Å². The third-order valence-electron chi connectivity index (χ3n) is 3.61. The first-order chi connectivity index (χ1) is 9.15. The first-order valence-corrected chi connectivity index (χ1v) is 7.59. The van der Waals surface area contributed by atoms with Crippen LogP contribution in [0.2, 0.25) is 6.32 Å². The summed E-state index contributed by atoms with van der Waals surface area (Å²) in [4.78, 5) is 1.57. The second-order valence-electron chi connectivity index (χ2n) is 5.00. The lowest BCUT2D eigenvalue weighted by molar-refractivity contribution is 0.587. The largest absolute Gasteiger partial charge is 0.606 e. The Labute approximate surface area is 116 Å². The molecule has 0 bridgehead atoms. The van der Waals surface area contributed by atoms with Crippen molar-refractivity contribution < 1.29 is 9.58 Å². The third kappa shape index (κ3) is 2.44. The molecule has 1 unspecified atom stereocenters. The van der Waals surface area contributed by atoms with Crippen molar-refractivity contribution in [3.63, 3.8) is 0 Å². The van der Waals surface area contributed by atoms with Gasteiger partial charge in [0, 0.05) is 11.2 Å². The van der Waals surface area contributed by atoms with Crippen LogP contribution in [0.25, 0.3) is 0 Å². The number of benzene rings is 2. The molecule has 0 fully saturated rings. The van der Waals surface area contributed by atoms with Crippen molar-refractivity contribution in [2.24, 2.45) is 0 Å². The van der Waals surface area contributed by atoms with Crippen LogP contribution in [0, 0.1) is 6.92 Å². The zero-order chi connectivity index (χ0) is 13.4. The van der Waals surface area contributed by atoms with E-state index in [1.165, 1.54) is 5.56 Å². The normalized spacial score (nSPS) is 15.4. The maximum absolute atomic E-state index is 12.5. The summed E-state index contributed by atoms with van der Waals surface area (Å²) in [7, 11) is 0. The Bertz CT molecular complexity index is 598. The van der Waals surface area contributed by atoms with Gasteiger partial charge in [-0.1, -0.05) is 29.3 Å². The fourth-order valence-electron chi connectivity index (χ4n) is 2.47. The molecule has 19 heavy (non-hydrogen) atoms. The Morgan fingerprint density at radius 3 is 2.53 bits per heavy atom. The summed E-state index contributed by atoms with van der Waals surface area (Å²) in [6, 6.07) is 13.5. The number of aryl methyl sites for hydroxylation is 2. The molecule has 0 aliphatic carbocycles. The first kappa shape index (κ1) is 12.8. The average Bonchev–Trinajstić information content (AvgIpc) is 2.80. The van der Waals surface area contributed by atoms with Crippen LogP contribution in [0.5, 0.6) is 0 Å². The number of hydrogen-bond acceptors (Lipinski definition) is 2. The predicted molar refractivity (Wildman–Crippen MR) is 78.4 cm³/mol. The quantitative estimate of drug-likeness (QED) is 0.669. The highest BCUT2D eigenvalue weighted by Gasteiger charge is 2.27. The lowest BCUT2D eigenvalue weighted by atomic mass is 9.63. The van der Waals surface area contributed by atoms with Crippen LogP contribution in [0.4, 0.5) is 0 Å². The van der Waals surface area contributed by atoms with E-state index in [0.29, 0.717) is 0 Å². The van der Waals surface area contributed by atoms with Crippen LogP contribution in [0.3, 0.4) is 0 Å². The van der Waals surface area contributed by atoms with E-state index in [-0.39, 0.29) is 0 Å². The van der Waals surface area contributed by atoms with E-state index < -0.39 is 18.1 Å². The molecule has 0 saturated heterocycles. The van der Waals surface area contributed by atoms with Gasteiger partial charge in [0.05, 0.1) is 0 Å². The number of rotatable bonds is 2. The molecule has 1 atom stereocenters. The van der Waals surface area contributed by atoms with E-state index >= 15 is 0 Å². The minimum Gasteiger partial charge on any atom is -0.606 e. The molecular formula is C15H15BO2S. The summed E-state index contributed by atoms with van der Waals surface area (Å²) >= 11 is -1.17. The molecule has 0 aromatic heterocycles. The maximum Gasteiger partial charge on any atom is 0.324 e. The molecule has 0 spiro atoms. The van der Waals surface area contributed by atoms with Crippen molar-refractivity contribution in [3.8, 4) is 0 Å². The fraction of sp³-hybridized carbons (Fsp3) is 0.200. The Hall–Kier alpha value is -1.23. The van der Waals surface area contributed by atoms with Gasteiger partial charge >= 0.3 is 6.92 Å². The molecule has 0 saturated carbocycles. The van der Waals surface area contributed by atoms with E-state index in [4.69, 9.17) is 0 Å². The minimum absolute atomic E-state index is 0.398. The number of fused-ring (bicyclic) bond motifs is 1. The molecule has 96 valence electrons. The standard InChI is InChI=1S/C15H15BO2S/c1-11-2-5-13(6-3-11)19(18)14-7-4-12-8-9-16(17)15(12)10-14/h2-7,10,17H,8-9H2,1H3. The van der Waals surface area contributed by atoms with Crippen LogP contribution >= 0.6 is 0 Å². The molecule has 0 radical (unpaired) electrons. The zero-order valence-corrected chi connectivity index (χ0v) is 11.6. The van der Waals surface area contributed by atoms with Crippen molar-refractivity contribution in [3.05, 3.63) is 53.6 Å². The van der Waals surface area contributed by atoms with Gasteiger partial charge in [0.1, 0.15) is 0 Å². The Kier molecular flexibility index (Phi) is 3.39. The lowest BCUT2D eigenvalue weighted by Crippen LogP contribution is -2.26. The molecule has 1 aliphatic heterocycles. The predicted octanol–water partition coefficient (Wildman–Crippen LogP) is 1.91. The molecule has 1 heterocycles. The molecule has 2 nitrogen and oxygen atoms in total. The summed E-state index contributed by atoms with van der Waals surface area (Å²) in [5.74, 6) is 0. The molecule has 0 amide bonds. The first-order valence-electron chi connectivity index (χ1n) is 6.44. The molecule has 2 aromatic rings. The molecular weight excluding hydrogens is 255 g/mol. The van der Waals surface area contributed by atoms with Gasteiger partial charge in [0.2, 0.25) is 0 Å². The monoisotopic (exact) mass is 270 g/mol.